The van der Waals surface area contributed by atoms with Crippen molar-refractivity contribution in [1.29, 1.82) is 0 Å². The Morgan fingerprint density at radius 3 is 2.78 bits per heavy atom. The SMILES string of the molecule is CCCOc1cc(N(CCC)CC(=O)O)ncn1. The van der Waals surface area contributed by atoms with Gasteiger partial charge in [-0.1, -0.05) is 13.8 Å². The van der Waals surface area contributed by atoms with Gasteiger partial charge in [-0.15, -0.1) is 0 Å². The number of anilines is 1. The van der Waals surface area contributed by atoms with Gasteiger partial charge in [-0.2, -0.15) is 0 Å². The van der Waals surface area contributed by atoms with Crippen LogP contribution in [0.1, 0.15) is 26.7 Å². The van der Waals surface area contributed by atoms with E-state index in [1.54, 1.807) is 11.0 Å². The summed E-state index contributed by atoms with van der Waals surface area (Å²) in [4.78, 5) is 20.6. The van der Waals surface area contributed by atoms with E-state index < -0.39 is 5.97 Å². The smallest absolute Gasteiger partial charge is 0.323 e. The van der Waals surface area contributed by atoms with E-state index in [1.807, 2.05) is 13.8 Å². The maximum atomic E-state index is 10.8. The summed E-state index contributed by atoms with van der Waals surface area (Å²) in [7, 11) is 0. The van der Waals surface area contributed by atoms with E-state index in [0.29, 0.717) is 24.8 Å². The van der Waals surface area contributed by atoms with Crippen molar-refractivity contribution >= 4 is 11.8 Å². The van der Waals surface area contributed by atoms with Gasteiger partial charge in [0.15, 0.2) is 0 Å². The lowest BCUT2D eigenvalue weighted by Crippen LogP contribution is -2.31. The second-order valence-electron chi connectivity index (χ2n) is 3.88. The Balaban J connectivity index is 2.79. The average molecular weight is 253 g/mol. The quantitative estimate of drug-likeness (QED) is 0.757. The standard InChI is InChI=1S/C12H19N3O3/c1-3-5-15(8-12(16)17)10-7-11(14-9-13-10)18-6-4-2/h7,9H,3-6,8H2,1-2H3,(H,16,17). The van der Waals surface area contributed by atoms with Crippen LogP contribution in [0.3, 0.4) is 0 Å². The normalized spacial score (nSPS) is 10.1. The minimum Gasteiger partial charge on any atom is -0.480 e. The van der Waals surface area contributed by atoms with E-state index in [2.05, 4.69) is 9.97 Å². The molecular weight excluding hydrogens is 234 g/mol. The highest BCUT2D eigenvalue weighted by molar-refractivity contribution is 5.73. The van der Waals surface area contributed by atoms with Crippen LogP contribution >= 0.6 is 0 Å². The van der Waals surface area contributed by atoms with Gasteiger partial charge in [-0.25, -0.2) is 9.97 Å². The number of carboxylic acid groups (broad SMARTS) is 1. The van der Waals surface area contributed by atoms with Crippen LogP contribution in [0.25, 0.3) is 0 Å². The molecule has 0 amide bonds. The Morgan fingerprint density at radius 2 is 2.17 bits per heavy atom. The van der Waals surface area contributed by atoms with Crippen LogP contribution < -0.4 is 9.64 Å². The molecule has 0 radical (unpaired) electrons. The van der Waals surface area contributed by atoms with Crippen molar-refractivity contribution < 1.29 is 14.6 Å². The summed E-state index contributed by atoms with van der Waals surface area (Å²) in [5.74, 6) is 0.187. The second kappa shape index (κ2) is 7.47. The number of aliphatic carboxylic acids is 1. The molecule has 1 N–H and O–H groups in total. The third-order valence-corrected chi connectivity index (χ3v) is 2.23. The number of ether oxygens (including phenoxy) is 1. The highest BCUT2D eigenvalue weighted by atomic mass is 16.5. The van der Waals surface area contributed by atoms with Crippen LogP contribution in [-0.2, 0) is 4.79 Å². The van der Waals surface area contributed by atoms with Crippen molar-refractivity contribution in [3.8, 4) is 5.88 Å². The second-order valence-corrected chi connectivity index (χ2v) is 3.88. The molecule has 0 bridgehead atoms. The van der Waals surface area contributed by atoms with E-state index in [0.717, 1.165) is 12.8 Å². The van der Waals surface area contributed by atoms with Gasteiger partial charge in [-0.05, 0) is 12.8 Å². The molecule has 18 heavy (non-hydrogen) atoms. The first-order valence-corrected chi connectivity index (χ1v) is 6.09. The zero-order valence-electron chi connectivity index (χ0n) is 10.8. The van der Waals surface area contributed by atoms with E-state index in [1.165, 1.54) is 6.33 Å². The number of hydrogen-bond acceptors (Lipinski definition) is 5. The van der Waals surface area contributed by atoms with Crippen molar-refractivity contribution in [1.82, 2.24) is 9.97 Å². The van der Waals surface area contributed by atoms with Crippen LogP contribution in [0.2, 0.25) is 0 Å². The Bertz CT molecular complexity index is 385. The molecule has 0 atom stereocenters. The molecule has 0 unspecified atom stereocenters. The predicted molar refractivity (Wildman–Crippen MR) is 68.0 cm³/mol. The number of carbonyl (C=O) groups is 1. The zero-order valence-corrected chi connectivity index (χ0v) is 10.8. The molecule has 1 aromatic rings. The largest absolute Gasteiger partial charge is 0.480 e. The van der Waals surface area contributed by atoms with Gasteiger partial charge in [0.2, 0.25) is 5.88 Å². The predicted octanol–water partition coefficient (Wildman–Crippen LogP) is 1.57. The third-order valence-electron chi connectivity index (χ3n) is 2.23. The number of aromatic nitrogens is 2. The van der Waals surface area contributed by atoms with Crippen molar-refractivity contribution in [3.63, 3.8) is 0 Å². The van der Waals surface area contributed by atoms with E-state index in [4.69, 9.17) is 9.84 Å². The summed E-state index contributed by atoms with van der Waals surface area (Å²) in [6, 6.07) is 1.67. The van der Waals surface area contributed by atoms with Gasteiger partial charge in [0, 0.05) is 12.6 Å². The molecule has 0 aliphatic carbocycles. The van der Waals surface area contributed by atoms with Crippen molar-refractivity contribution in [2.45, 2.75) is 26.7 Å². The van der Waals surface area contributed by atoms with E-state index in [9.17, 15) is 4.79 Å². The molecule has 1 heterocycles. The molecular formula is C12H19N3O3. The Labute approximate surface area is 107 Å². The monoisotopic (exact) mass is 253 g/mol. The van der Waals surface area contributed by atoms with E-state index >= 15 is 0 Å². The highest BCUT2D eigenvalue weighted by Gasteiger charge is 2.12. The lowest BCUT2D eigenvalue weighted by Gasteiger charge is -2.20. The first-order valence-electron chi connectivity index (χ1n) is 6.09. The molecule has 0 fully saturated rings. The summed E-state index contributed by atoms with van der Waals surface area (Å²) in [5, 5.41) is 8.87. The summed E-state index contributed by atoms with van der Waals surface area (Å²) < 4.78 is 5.40. The van der Waals surface area contributed by atoms with Crippen molar-refractivity contribution in [2.24, 2.45) is 0 Å². The molecule has 6 heteroatoms. The number of nitrogens with zero attached hydrogens (tertiary/aromatic N) is 3. The Hall–Kier alpha value is -1.85. The fraction of sp³-hybridized carbons (Fsp3) is 0.583. The molecule has 0 aliphatic heterocycles. The minimum absolute atomic E-state index is 0.0714. The fourth-order valence-corrected chi connectivity index (χ4v) is 1.50. The first-order chi connectivity index (χ1) is 8.67. The maximum absolute atomic E-state index is 10.8. The summed E-state index contributed by atoms with van der Waals surface area (Å²) in [6.07, 6.45) is 3.14. The van der Waals surface area contributed by atoms with Gasteiger partial charge in [0.1, 0.15) is 18.7 Å². The average Bonchev–Trinajstić information content (AvgIpc) is 2.36. The Kier molecular flexibility index (Phi) is 5.90. The molecule has 0 saturated carbocycles. The molecule has 0 spiro atoms. The van der Waals surface area contributed by atoms with Gasteiger partial charge in [0.05, 0.1) is 6.61 Å². The van der Waals surface area contributed by atoms with Crippen LogP contribution in [0.5, 0.6) is 5.88 Å². The highest BCUT2D eigenvalue weighted by Crippen LogP contribution is 2.16. The summed E-state index contributed by atoms with van der Waals surface area (Å²) in [6.45, 7) is 5.15. The van der Waals surface area contributed by atoms with Gasteiger partial charge >= 0.3 is 5.97 Å². The van der Waals surface area contributed by atoms with Gasteiger partial charge in [0.25, 0.3) is 0 Å². The number of hydrogen-bond donors (Lipinski definition) is 1. The lowest BCUT2D eigenvalue weighted by molar-refractivity contribution is -0.135. The maximum Gasteiger partial charge on any atom is 0.323 e. The number of rotatable bonds is 8. The van der Waals surface area contributed by atoms with Crippen LogP contribution in [0.15, 0.2) is 12.4 Å². The lowest BCUT2D eigenvalue weighted by atomic mass is 10.4. The molecule has 0 aliphatic rings. The summed E-state index contributed by atoms with van der Waals surface area (Å²) in [5.41, 5.74) is 0. The topological polar surface area (TPSA) is 75.5 Å². The molecule has 0 saturated heterocycles. The first kappa shape index (κ1) is 14.2. The molecule has 1 aromatic heterocycles. The molecule has 6 nitrogen and oxygen atoms in total. The third kappa shape index (κ3) is 4.57. The zero-order chi connectivity index (χ0) is 13.4. The Morgan fingerprint density at radius 1 is 1.39 bits per heavy atom. The van der Waals surface area contributed by atoms with Crippen molar-refractivity contribution in [2.75, 3.05) is 24.6 Å². The van der Waals surface area contributed by atoms with Crippen LogP contribution in [0.4, 0.5) is 5.82 Å². The minimum atomic E-state index is -0.877. The molecule has 1 rings (SSSR count). The number of carboxylic acids is 1. The molecule has 100 valence electrons. The fourth-order valence-electron chi connectivity index (χ4n) is 1.50. The summed E-state index contributed by atoms with van der Waals surface area (Å²) >= 11 is 0. The van der Waals surface area contributed by atoms with Crippen LogP contribution in [0, 0.1) is 0 Å². The van der Waals surface area contributed by atoms with Gasteiger partial charge < -0.3 is 14.7 Å². The van der Waals surface area contributed by atoms with E-state index in [-0.39, 0.29) is 6.54 Å². The molecule has 0 aromatic carbocycles. The van der Waals surface area contributed by atoms with Gasteiger partial charge in [-0.3, -0.25) is 4.79 Å². The van der Waals surface area contributed by atoms with Crippen LogP contribution in [-0.4, -0.2) is 40.7 Å². The van der Waals surface area contributed by atoms with Crippen molar-refractivity contribution in [3.05, 3.63) is 12.4 Å².